The van der Waals surface area contributed by atoms with E-state index in [9.17, 15) is 23.1 Å². The Morgan fingerprint density at radius 1 is 1.36 bits per heavy atom. The van der Waals surface area contributed by atoms with Gasteiger partial charge in [0.15, 0.2) is 0 Å². The molecule has 1 aliphatic heterocycles. The molecule has 1 aliphatic rings. The van der Waals surface area contributed by atoms with Crippen LogP contribution in [-0.4, -0.2) is 54.1 Å². The second-order valence-corrected chi connectivity index (χ2v) is 8.15. The molecule has 0 aromatic heterocycles. The van der Waals surface area contributed by atoms with Crippen molar-refractivity contribution in [2.45, 2.75) is 58.5 Å². The Morgan fingerprint density at radius 2 is 2.00 bits per heavy atom. The zero-order chi connectivity index (χ0) is 16.9. The second-order valence-electron chi connectivity index (χ2n) is 6.11. The van der Waals surface area contributed by atoms with Gasteiger partial charge in [-0.25, -0.2) is 13.2 Å². The first-order valence-electron chi connectivity index (χ1n) is 7.71. The highest BCUT2D eigenvalue weighted by molar-refractivity contribution is 7.89. The van der Waals surface area contributed by atoms with E-state index in [-0.39, 0.29) is 11.7 Å². The number of nitrogens with zero attached hydrogens (tertiary/aromatic N) is 1. The molecule has 7 nitrogen and oxygen atoms in total. The van der Waals surface area contributed by atoms with Crippen molar-refractivity contribution < 1.29 is 23.1 Å². The van der Waals surface area contributed by atoms with E-state index in [4.69, 9.17) is 0 Å². The van der Waals surface area contributed by atoms with Gasteiger partial charge in [-0.15, -0.1) is 0 Å². The topological polar surface area (TPSA) is 104 Å². The molecule has 0 aromatic rings. The lowest BCUT2D eigenvalue weighted by Crippen LogP contribution is -2.51. The highest BCUT2D eigenvalue weighted by Crippen LogP contribution is 2.22. The minimum Gasteiger partial charge on any atom is -0.480 e. The van der Waals surface area contributed by atoms with Gasteiger partial charge in [0, 0.05) is 6.54 Å². The molecule has 1 saturated heterocycles. The van der Waals surface area contributed by atoms with Gasteiger partial charge >= 0.3 is 5.97 Å². The second kappa shape index (κ2) is 7.92. The first-order valence-corrected chi connectivity index (χ1v) is 9.32. The number of carboxylic acid groups (broad SMARTS) is 1. The van der Waals surface area contributed by atoms with Gasteiger partial charge in [-0.1, -0.05) is 20.8 Å². The molecule has 1 amide bonds. The normalized spacial score (nSPS) is 21.0. The molecule has 2 N–H and O–H groups in total. The SMILES string of the molecule is CCCS(=O)(=O)N1CCCC1C(=O)N[C@H](CC(C)C)C(=O)O. The summed E-state index contributed by atoms with van der Waals surface area (Å²) in [6, 6.07) is -1.77. The summed E-state index contributed by atoms with van der Waals surface area (Å²) in [6.45, 7) is 5.83. The van der Waals surface area contributed by atoms with Crippen LogP contribution in [0.1, 0.15) is 46.5 Å². The molecule has 1 heterocycles. The molecule has 0 bridgehead atoms. The van der Waals surface area contributed by atoms with Crippen molar-refractivity contribution in [1.82, 2.24) is 9.62 Å². The first-order chi connectivity index (χ1) is 10.2. The van der Waals surface area contributed by atoms with E-state index in [0.29, 0.717) is 32.2 Å². The molecule has 0 spiro atoms. The van der Waals surface area contributed by atoms with Gasteiger partial charge in [-0.05, 0) is 31.6 Å². The maximum Gasteiger partial charge on any atom is 0.326 e. The summed E-state index contributed by atoms with van der Waals surface area (Å²) in [5.74, 6) is -1.48. The van der Waals surface area contributed by atoms with Crippen LogP contribution in [0.15, 0.2) is 0 Å². The molecule has 1 rings (SSSR count). The summed E-state index contributed by atoms with van der Waals surface area (Å²) < 4.78 is 25.6. The van der Waals surface area contributed by atoms with Crippen molar-refractivity contribution in [3.05, 3.63) is 0 Å². The van der Waals surface area contributed by atoms with Crippen molar-refractivity contribution in [2.75, 3.05) is 12.3 Å². The van der Waals surface area contributed by atoms with Crippen molar-refractivity contribution in [2.24, 2.45) is 5.92 Å². The summed E-state index contributed by atoms with van der Waals surface area (Å²) in [5, 5.41) is 11.7. The van der Waals surface area contributed by atoms with Crippen LogP contribution >= 0.6 is 0 Å². The monoisotopic (exact) mass is 334 g/mol. The van der Waals surface area contributed by atoms with E-state index in [2.05, 4.69) is 5.32 Å². The lowest BCUT2D eigenvalue weighted by molar-refractivity contribution is -0.142. The fourth-order valence-electron chi connectivity index (χ4n) is 2.67. The van der Waals surface area contributed by atoms with Crippen molar-refractivity contribution >= 4 is 21.9 Å². The Kier molecular flexibility index (Phi) is 6.80. The average molecular weight is 334 g/mol. The lowest BCUT2D eigenvalue weighted by atomic mass is 10.0. The van der Waals surface area contributed by atoms with E-state index in [1.807, 2.05) is 13.8 Å². The minimum atomic E-state index is -3.46. The summed E-state index contributed by atoms with van der Waals surface area (Å²) >= 11 is 0. The largest absolute Gasteiger partial charge is 0.480 e. The molecule has 8 heteroatoms. The number of hydrogen-bond donors (Lipinski definition) is 2. The fourth-order valence-corrected chi connectivity index (χ4v) is 4.42. The molecule has 1 fully saturated rings. The summed E-state index contributed by atoms with van der Waals surface area (Å²) in [6.07, 6.45) is 1.85. The maximum atomic E-state index is 12.3. The molecular formula is C14H26N2O5S. The molecule has 1 unspecified atom stereocenters. The standard InChI is InChI=1S/C14H26N2O5S/c1-4-8-22(20,21)16-7-5-6-12(16)13(17)15-11(14(18)19)9-10(2)3/h10-12H,4-9H2,1-3H3,(H,15,17)(H,18,19)/t11-,12?/m1/s1. The molecule has 128 valence electrons. The van der Waals surface area contributed by atoms with Gasteiger partial charge in [-0.3, -0.25) is 4.79 Å². The third kappa shape index (κ3) is 4.95. The summed E-state index contributed by atoms with van der Waals surface area (Å²) in [5.41, 5.74) is 0. The fraction of sp³-hybridized carbons (Fsp3) is 0.857. The lowest BCUT2D eigenvalue weighted by Gasteiger charge is -2.25. The third-order valence-electron chi connectivity index (χ3n) is 3.65. The van der Waals surface area contributed by atoms with Crippen molar-refractivity contribution in [1.29, 1.82) is 0 Å². The van der Waals surface area contributed by atoms with Gasteiger partial charge in [0.1, 0.15) is 12.1 Å². The number of hydrogen-bond acceptors (Lipinski definition) is 4. The molecular weight excluding hydrogens is 308 g/mol. The Bertz CT molecular complexity index is 503. The van der Waals surface area contributed by atoms with E-state index < -0.39 is 34.0 Å². The number of sulfonamides is 1. The van der Waals surface area contributed by atoms with Crippen LogP contribution in [0.4, 0.5) is 0 Å². The van der Waals surface area contributed by atoms with Gasteiger partial charge in [-0.2, -0.15) is 4.31 Å². The third-order valence-corrected chi connectivity index (χ3v) is 5.72. The quantitative estimate of drug-likeness (QED) is 0.683. The Balaban J connectivity index is 2.80. The van der Waals surface area contributed by atoms with Gasteiger partial charge in [0.2, 0.25) is 15.9 Å². The average Bonchev–Trinajstić information content (AvgIpc) is 2.87. The summed E-state index contributed by atoms with van der Waals surface area (Å²) in [4.78, 5) is 23.5. The highest BCUT2D eigenvalue weighted by Gasteiger charge is 2.39. The van der Waals surface area contributed by atoms with Crippen molar-refractivity contribution in [3.63, 3.8) is 0 Å². The maximum absolute atomic E-state index is 12.3. The van der Waals surface area contributed by atoms with Crippen LogP contribution < -0.4 is 5.32 Å². The van der Waals surface area contributed by atoms with Crippen LogP contribution in [0, 0.1) is 5.92 Å². The zero-order valence-corrected chi connectivity index (χ0v) is 14.2. The van der Waals surface area contributed by atoms with Crippen LogP contribution in [0.5, 0.6) is 0 Å². The minimum absolute atomic E-state index is 0.00509. The molecule has 0 aliphatic carbocycles. The number of carbonyl (C=O) groups excluding carboxylic acids is 1. The molecule has 0 aromatic carbocycles. The number of carboxylic acids is 1. The van der Waals surface area contributed by atoms with E-state index in [0.717, 1.165) is 0 Å². The van der Waals surface area contributed by atoms with Crippen LogP contribution in [-0.2, 0) is 19.6 Å². The van der Waals surface area contributed by atoms with Crippen molar-refractivity contribution in [3.8, 4) is 0 Å². The van der Waals surface area contributed by atoms with Gasteiger partial charge in [0.25, 0.3) is 0 Å². The molecule has 2 atom stereocenters. The number of rotatable bonds is 8. The van der Waals surface area contributed by atoms with E-state index >= 15 is 0 Å². The molecule has 0 saturated carbocycles. The van der Waals surface area contributed by atoms with E-state index in [1.165, 1.54) is 4.31 Å². The smallest absolute Gasteiger partial charge is 0.326 e. The zero-order valence-electron chi connectivity index (χ0n) is 13.4. The summed E-state index contributed by atoms with van der Waals surface area (Å²) in [7, 11) is -3.46. The molecule has 0 radical (unpaired) electrons. The Morgan fingerprint density at radius 3 is 2.50 bits per heavy atom. The Hall–Kier alpha value is -1.15. The predicted octanol–water partition coefficient (Wildman–Crippen LogP) is 0.806. The number of aliphatic carboxylic acids is 1. The van der Waals surface area contributed by atoms with Gasteiger partial charge in [0.05, 0.1) is 5.75 Å². The van der Waals surface area contributed by atoms with Gasteiger partial charge < -0.3 is 10.4 Å². The van der Waals surface area contributed by atoms with Crippen LogP contribution in [0.3, 0.4) is 0 Å². The van der Waals surface area contributed by atoms with Crippen LogP contribution in [0.25, 0.3) is 0 Å². The number of nitrogens with one attached hydrogen (secondary N) is 1. The number of amides is 1. The number of carbonyl (C=O) groups is 2. The van der Waals surface area contributed by atoms with E-state index in [1.54, 1.807) is 6.92 Å². The first kappa shape index (κ1) is 18.9. The van der Waals surface area contributed by atoms with Crippen LogP contribution in [0.2, 0.25) is 0 Å². The Labute approximate surface area is 132 Å². The highest BCUT2D eigenvalue weighted by atomic mass is 32.2. The molecule has 22 heavy (non-hydrogen) atoms. The predicted molar refractivity (Wildman–Crippen MR) is 82.8 cm³/mol.